The van der Waals surface area contributed by atoms with Crippen LogP contribution in [0.5, 0.6) is 0 Å². The van der Waals surface area contributed by atoms with Crippen molar-refractivity contribution in [2.24, 2.45) is 0 Å². The summed E-state index contributed by atoms with van der Waals surface area (Å²) in [4.78, 5) is 32.3. The van der Waals surface area contributed by atoms with Gasteiger partial charge >= 0.3 is 0 Å². The van der Waals surface area contributed by atoms with E-state index in [9.17, 15) is 9.59 Å². The van der Waals surface area contributed by atoms with E-state index >= 15 is 0 Å². The number of ether oxygens (including phenoxy) is 1. The van der Waals surface area contributed by atoms with E-state index in [1.54, 1.807) is 12.3 Å². The van der Waals surface area contributed by atoms with Crippen molar-refractivity contribution in [1.82, 2.24) is 14.7 Å². The Morgan fingerprint density at radius 1 is 1.31 bits per heavy atom. The van der Waals surface area contributed by atoms with Gasteiger partial charge in [0.2, 0.25) is 0 Å². The molecule has 2 fully saturated rings. The summed E-state index contributed by atoms with van der Waals surface area (Å²) in [5, 5.41) is 2.58. The van der Waals surface area contributed by atoms with Crippen LogP contribution in [0.25, 0.3) is 11.7 Å². The summed E-state index contributed by atoms with van der Waals surface area (Å²) in [7, 11) is 0. The molecule has 0 aliphatic carbocycles. The van der Waals surface area contributed by atoms with Gasteiger partial charge in [-0.05, 0) is 24.6 Å². The van der Waals surface area contributed by atoms with Crippen LogP contribution in [-0.4, -0.2) is 45.9 Å². The van der Waals surface area contributed by atoms with Crippen LogP contribution >= 0.6 is 24.0 Å². The van der Waals surface area contributed by atoms with Crippen LogP contribution in [0.15, 0.2) is 28.0 Å². The molecule has 2 saturated heterocycles. The Kier molecular flexibility index (Phi) is 4.51. The fraction of sp³-hybridized carbons (Fsp3) is 0.294. The van der Waals surface area contributed by atoms with Crippen molar-refractivity contribution in [1.29, 1.82) is 0 Å². The molecule has 0 unspecified atom stereocenters. The number of carbonyl (C=O) groups is 1. The lowest BCUT2D eigenvalue weighted by atomic mass is 10.2. The number of rotatable bonds is 2. The van der Waals surface area contributed by atoms with E-state index in [0.717, 1.165) is 17.3 Å². The van der Waals surface area contributed by atoms with Crippen molar-refractivity contribution < 1.29 is 9.53 Å². The van der Waals surface area contributed by atoms with Crippen LogP contribution in [0.3, 0.4) is 0 Å². The molecular weight excluding hydrogens is 372 g/mol. The molecule has 2 aromatic heterocycles. The second-order valence-corrected chi connectivity index (χ2v) is 7.76. The van der Waals surface area contributed by atoms with Gasteiger partial charge in [0.1, 0.15) is 15.8 Å². The Hall–Kier alpha value is -2.23. The van der Waals surface area contributed by atoms with E-state index < -0.39 is 0 Å². The summed E-state index contributed by atoms with van der Waals surface area (Å²) in [6.45, 7) is 4.35. The first-order valence-electron chi connectivity index (χ1n) is 8.13. The zero-order chi connectivity index (χ0) is 18.3. The Morgan fingerprint density at radius 3 is 2.77 bits per heavy atom. The number of anilines is 1. The second-order valence-electron chi connectivity index (χ2n) is 6.04. The molecule has 4 heterocycles. The van der Waals surface area contributed by atoms with Gasteiger partial charge < -0.3 is 15.0 Å². The van der Waals surface area contributed by atoms with Gasteiger partial charge in [0.15, 0.2) is 0 Å². The summed E-state index contributed by atoms with van der Waals surface area (Å²) in [6, 6.07) is 3.74. The summed E-state index contributed by atoms with van der Waals surface area (Å²) < 4.78 is 7.31. The number of amides is 1. The lowest BCUT2D eigenvalue weighted by Crippen LogP contribution is -2.38. The minimum Gasteiger partial charge on any atom is -0.378 e. The summed E-state index contributed by atoms with van der Waals surface area (Å²) in [5.41, 5.74) is 1.70. The van der Waals surface area contributed by atoms with Crippen LogP contribution in [0.1, 0.15) is 11.1 Å². The Labute approximate surface area is 159 Å². The van der Waals surface area contributed by atoms with Crippen LogP contribution in [0, 0.1) is 6.92 Å². The normalized spacial score (nSPS) is 19.4. The van der Waals surface area contributed by atoms with Crippen molar-refractivity contribution in [2.45, 2.75) is 6.92 Å². The minimum atomic E-state index is -0.290. The first-order valence-corrected chi connectivity index (χ1v) is 9.36. The van der Waals surface area contributed by atoms with Crippen LogP contribution < -0.4 is 15.8 Å². The van der Waals surface area contributed by atoms with Gasteiger partial charge in [0.25, 0.3) is 11.5 Å². The largest absolute Gasteiger partial charge is 0.378 e. The van der Waals surface area contributed by atoms with Gasteiger partial charge in [-0.25, -0.2) is 4.98 Å². The molecule has 0 spiro atoms. The van der Waals surface area contributed by atoms with Gasteiger partial charge in [-0.15, -0.1) is 0 Å². The summed E-state index contributed by atoms with van der Waals surface area (Å²) in [5.74, 6) is 0.280. The third kappa shape index (κ3) is 3.13. The topological polar surface area (TPSA) is 75.9 Å². The highest BCUT2D eigenvalue weighted by Gasteiger charge is 2.25. The smallest absolute Gasteiger partial charge is 0.267 e. The Bertz CT molecular complexity index is 1010. The number of hydrogen-bond acceptors (Lipinski definition) is 7. The number of nitrogens with one attached hydrogen (secondary N) is 1. The highest BCUT2D eigenvalue weighted by Crippen LogP contribution is 2.28. The standard InChI is InChI=1S/C17H16N4O3S2/c1-10-2-3-13-18-14(20-4-6-24-7-5-20)11(16(23)21(13)9-10)8-12-15(22)19-17(25)26-12/h2-3,8-9H,4-7H2,1H3,(H,19,22,25)/b12-8-. The summed E-state index contributed by atoms with van der Waals surface area (Å²) in [6.07, 6.45) is 3.34. The Morgan fingerprint density at radius 2 is 2.08 bits per heavy atom. The van der Waals surface area contributed by atoms with Crippen molar-refractivity contribution in [3.8, 4) is 0 Å². The number of thiocarbonyl (C=S) groups is 1. The van der Waals surface area contributed by atoms with E-state index in [4.69, 9.17) is 21.9 Å². The van der Waals surface area contributed by atoms with Crippen molar-refractivity contribution in [3.63, 3.8) is 0 Å². The molecule has 1 amide bonds. The van der Waals surface area contributed by atoms with Gasteiger partial charge in [-0.3, -0.25) is 14.0 Å². The molecule has 2 aliphatic heterocycles. The molecule has 0 aromatic carbocycles. The molecule has 2 aromatic rings. The lowest BCUT2D eigenvalue weighted by molar-refractivity contribution is -0.115. The number of fused-ring (bicyclic) bond motifs is 1. The molecule has 0 radical (unpaired) electrons. The fourth-order valence-corrected chi connectivity index (χ4v) is 3.97. The molecule has 134 valence electrons. The number of aromatic nitrogens is 2. The number of thioether (sulfide) groups is 1. The molecule has 9 heteroatoms. The van der Waals surface area contributed by atoms with Crippen molar-refractivity contribution in [2.75, 3.05) is 31.2 Å². The highest BCUT2D eigenvalue weighted by atomic mass is 32.2. The van der Waals surface area contributed by atoms with Gasteiger partial charge in [-0.1, -0.05) is 30.0 Å². The first-order chi connectivity index (χ1) is 12.5. The average Bonchev–Trinajstić information content (AvgIpc) is 2.95. The highest BCUT2D eigenvalue weighted by molar-refractivity contribution is 8.26. The van der Waals surface area contributed by atoms with Gasteiger partial charge in [0, 0.05) is 19.3 Å². The number of morpholine rings is 1. The van der Waals surface area contributed by atoms with Crippen LogP contribution in [0.4, 0.5) is 5.82 Å². The van der Waals surface area contributed by atoms with E-state index in [1.807, 2.05) is 24.0 Å². The lowest BCUT2D eigenvalue weighted by Gasteiger charge is -2.29. The molecule has 0 saturated carbocycles. The van der Waals surface area contributed by atoms with Gasteiger partial charge in [0.05, 0.1) is 23.7 Å². The SMILES string of the molecule is Cc1ccc2nc(N3CCOCC3)c(/C=C3\SC(=S)NC3=O)c(=O)n2c1. The van der Waals surface area contributed by atoms with E-state index in [-0.39, 0.29) is 11.5 Å². The molecule has 0 bridgehead atoms. The second kappa shape index (κ2) is 6.82. The van der Waals surface area contributed by atoms with Gasteiger partial charge in [-0.2, -0.15) is 0 Å². The summed E-state index contributed by atoms with van der Waals surface area (Å²) >= 11 is 6.19. The quantitative estimate of drug-likeness (QED) is 0.614. The van der Waals surface area contributed by atoms with Crippen molar-refractivity contribution >= 4 is 51.7 Å². The molecule has 7 nitrogen and oxygen atoms in total. The number of pyridine rings is 1. The molecular formula is C17H16N4O3S2. The maximum atomic E-state index is 13.2. The molecule has 2 aliphatic rings. The van der Waals surface area contributed by atoms with Crippen LogP contribution in [-0.2, 0) is 9.53 Å². The molecule has 26 heavy (non-hydrogen) atoms. The predicted molar refractivity (Wildman–Crippen MR) is 106 cm³/mol. The maximum Gasteiger partial charge on any atom is 0.267 e. The first kappa shape index (κ1) is 17.2. The van der Waals surface area contributed by atoms with Crippen LogP contribution in [0.2, 0.25) is 0 Å². The predicted octanol–water partition coefficient (Wildman–Crippen LogP) is 1.33. The number of carbonyl (C=O) groups excluding carboxylic acids is 1. The third-order valence-corrected chi connectivity index (χ3v) is 5.38. The zero-order valence-corrected chi connectivity index (χ0v) is 15.7. The average molecular weight is 388 g/mol. The van der Waals surface area contributed by atoms with E-state index in [1.165, 1.54) is 4.40 Å². The third-order valence-electron chi connectivity index (χ3n) is 4.21. The molecule has 1 N–H and O–H groups in total. The number of nitrogens with zero attached hydrogens (tertiary/aromatic N) is 3. The monoisotopic (exact) mass is 388 g/mol. The number of hydrogen-bond donors (Lipinski definition) is 1. The van der Waals surface area contributed by atoms with E-state index in [0.29, 0.717) is 52.6 Å². The molecule has 4 rings (SSSR count). The zero-order valence-electron chi connectivity index (χ0n) is 14.0. The fourth-order valence-electron chi connectivity index (χ4n) is 2.94. The maximum absolute atomic E-state index is 13.2. The Balaban J connectivity index is 1.94. The minimum absolute atomic E-state index is 0.209. The van der Waals surface area contributed by atoms with E-state index in [2.05, 4.69) is 5.32 Å². The van der Waals surface area contributed by atoms with Crippen molar-refractivity contribution in [3.05, 3.63) is 44.7 Å². The molecule has 0 atom stereocenters. The number of aryl methyl sites for hydroxylation is 1.